The third-order valence-electron chi connectivity index (χ3n) is 4.97. The Bertz CT molecular complexity index is 1100. The molecule has 4 rings (SSSR count). The maximum Gasteiger partial charge on any atom is 0.224 e. The third kappa shape index (κ3) is 3.37. The molecule has 3 aromatic carbocycles. The number of amides is 1. The van der Waals surface area contributed by atoms with Gasteiger partial charge in [0.15, 0.2) is 11.6 Å². The second-order valence-electron chi connectivity index (χ2n) is 7.00. The number of ketones is 2. The summed E-state index contributed by atoms with van der Waals surface area (Å²) in [5.41, 5.74) is 4.35. The first-order chi connectivity index (χ1) is 13.5. The highest BCUT2D eigenvalue weighted by molar-refractivity contribution is 6.28. The predicted molar refractivity (Wildman–Crippen MR) is 108 cm³/mol. The van der Waals surface area contributed by atoms with Crippen molar-refractivity contribution in [2.75, 3.05) is 5.32 Å². The summed E-state index contributed by atoms with van der Waals surface area (Å²) in [6, 6.07) is 19.8. The Morgan fingerprint density at radius 3 is 2.07 bits per heavy atom. The van der Waals surface area contributed by atoms with Gasteiger partial charge in [-0.25, -0.2) is 0 Å². The van der Waals surface area contributed by atoms with Crippen molar-refractivity contribution in [2.45, 2.75) is 19.8 Å². The van der Waals surface area contributed by atoms with Crippen LogP contribution in [0, 0.1) is 6.92 Å². The van der Waals surface area contributed by atoms with E-state index in [9.17, 15) is 14.4 Å². The lowest BCUT2D eigenvalue weighted by Crippen LogP contribution is -2.21. The van der Waals surface area contributed by atoms with E-state index < -0.39 is 0 Å². The molecule has 0 aliphatic heterocycles. The van der Waals surface area contributed by atoms with Gasteiger partial charge in [-0.2, -0.15) is 0 Å². The van der Waals surface area contributed by atoms with Crippen molar-refractivity contribution >= 4 is 23.2 Å². The van der Waals surface area contributed by atoms with E-state index in [0.717, 1.165) is 5.56 Å². The van der Waals surface area contributed by atoms with Gasteiger partial charge in [-0.1, -0.05) is 54.1 Å². The summed E-state index contributed by atoms with van der Waals surface area (Å²) in [4.78, 5) is 37.7. The van der Waals surface area contributed by atoms with Crippen molar-refractivity contribution in [3.63, 3.8) is 0 Å². The minimum atomic E-state index is -0.194. The van der Waals surface area contributed by atoms with Gasteiger partial charge in [0.2, 0.25) is 5.91 Å². The molecule has 1 N–H and O–H groups in total. The second kappa shape index (κ2) is 7.24. The van der Waals surface area contributed by atoms with E-state index >= 15 is 0 Å². The van der Waals surface area contributed by atoms with Crippen LogP contribution in [0.2, 0.25) is 0 Å². The Morgan fingerprint density at radius 2 is 1.39 bits per heavy atom. The molecule has 4 nitrogen and oxygen atoms in total. The Labute approximate surface area is 163 Å². The first-order valence-corrected chi connectivity index (χ1v) is 9.21. The summed E-state index contributed by atoms with van der Waals surface area (Å²) in [6.45, 7) is 2.02. The zero-order chi connectivity index (χ0) is 19.7. The summed E-state index contributed by atoms with van der Waals surface area (Å²) in [5, 5.41) is 2.83. The van der Waals surface area contributed by atoms with Gasteiger partial charge >= 0.3 is 0 Å². The summed E-state index contributed by atoms with van der Waals surface area (Å²) in [7, 11) is 0. The lowest BCUT2D eigenvalue weighted by atomic mass is 9.84. The van der Waals surface area contributed by atoms with Crippen LogP contribution in [-0.4, -0.2) is 17.5 Å². The van der Waals surface area contributed by atoms with Crippen LogP contribution in [0.3, 0.4) is 0 Å². The number of benzene rings is 3. The first-order valence-electron chi connectivity index (χ1n) is 9.21. The molecular weight excluding hydrogens is 350 g/mol. The number of hydrogen-bond donors (Lipinski definition) is 1. The second-order valence-corrected chi connectivity index (χ2v) is 7.00. The first kappa shape index (κ1) is 17.9. The number of carbonyl (C=O) groups excluding carboxylic acids is 3. The molecule has 1 aliphatic carbocycles. The standard InChI is InChI=1S/C24H19NO3/c1-15-6-8-16(9-7-15)10-13-22(26)25-17-11-12-20-21(14-17)24(28)19-5-3-2-4-18(19)23(20)27/h2-9,11-12,14H,10,13H2,1H3,(H,25,26). The fourth-order valence-electron chi connectivity index (χ4n) is 3.41. The summed E-state index contributed by atoms with van der Waals surface area (Å²) in [5.74, 6) is -0.487. The minimum absolute atomic E-state index is 0.129. The molecule has 0 unspecified atom stereocenters. The Morgan fingerprint density at radius 1 is 0.786 bits per heavy atom. The number of aryl methyl sites for hydroxylation is 2. The molecule has 28 heavy (non-hydrogen) atoms. The van der Waals surface area contributed by atoms with E-state index in [4.69, 9.17) is 0 Å². The summed E-state index contributed by atoms with van der Waals surface area (Å²) in [6.07, 6.45) is 0.984. The molecule has 0 heterocycles. The molecule has 0 aromatic heterocycles. The molecule has 0 saturated carbocycles. The zero-order valence-corrected chi connectivity index (χ0v) is 15.5. The largest absolute Gasteiger partial charge is 0.326 e. The fraction of sp³-hybridized carbons (Fsp3) is 0.125. The molecule has 0 atom stereocenters. The quantitative estimate of drug-likeness (QED) is 0.582. The lowest BCUT2D eigenvalue weighted by molar-refractivity contribution is -0.116. The monoisotopic (exact) mass is 369 g/mol. The van der Waals surface area contributed by atoms with Crippen LogP contribution in [0.15, 0.2) is 66.7 Å². The highest BCUT2D eigenvalue weighted by Crippen LogP contribution is 2.29. The number of nitrogens with one attached hydrogen (secondary N) is 1. The van der Waals surface area contributed by atoms with Crippen molar-refractivity contribution in [1.82, 2.24) is 0 Å². The molecule has 0 fully saturated rings. The van der Waals surface area contributed by atoms with E-state index in [1.54, 1.807) is 42.5 Å². The number of carbonyl (C=O) groups is 3. The number of anilines is 1. The van der Waals surface area contributed by atoms with E-state index in [2.05, 4.69) is 5.32 Å². The molecule has 4 heteroatoms. The van der Waals surface area contributed by atoms with Crippen molar-refractivity contribution in [3.8, 4) is 0 Å². The fourth-order valence-corrected chi connectivity index (χ4v) is 3.41. The van der Waals surface area contributed by atoms with Crippen LogP contribution < -0.4 is 5.32 Å². The maximum atomic E-state index is 12.8. The topological polar surface area (TPSA) is 63.2 Å². The van der Waals surface area contributed by atoms with Gasteiger partial charge in [-0.15, -0.1) is 0 Å². The van der Waals surface area contributed by atoms with Crippen LogP contribution in [0.1, 0.15) is 49.4 Å². The summed E-state index contributed by atoms with van der Waals surface area (Å²) >= 11 is 0. The van der Waals surface area contributed by atoms with E-state index in [0.29, 0.717) is 40.8 Å². The van der Waals surface area contributed by atoms with Gasteiger partial charge in [-0.05, 0) is 37.1 Å². The molecular formula is C24H19NO3. The highest BCUT2D eigenvalue weighted by Gasteiger charge is 2.29. The van der Waals surface area contributed by atoms with Gasteiger partial charge in [0.25, 0.3) is 0 Å². The Hall–Kier alpha value is -3.53. The van der Waals surface area contributed by atoms with Crippen molar-refractivity contribution in [1.29, 1.82) is 0 Å². The summed E-state index contributed by atoms with van der Waals surface area (Å²) < 4.78 is 0. The van der Waals surface area contributed by atoms with Crippen LogP contribution >= 0.6 is 0 Å². The van der Waals surface area contributed by atoms with Crippen LogP contribution in [0.4, 0.5) is 5.69 Å². The van der Waals surface area contributed by atoms with Gasteiger partial charge in [0.05, 0.1) is 0 Å². The third-order valence-corrected chi connectivity index (χ3v) is 4.97. The molecule has 0 spiro atoms. The molecule has 3 aromatic rings. The number of rotatable bonds is 4. The minimum Gasteiger partial charge on any atom is -0.326 e. The van der Waals surface area contributed by atoms with Gasteiger partial charge in [0.1, 0.15) is 0 Å². The van der Waals surface area contributed by atoms with Crippen molar-refractivity contribution in [2.24, 2.45) is 0 Å². The molecule has 0 saturated heterocycles. The normalized spacial score (nSPS) is 12.3. The van der Waals surface area contributed by atoms with Crippen molar-refractivity contribution < 1.29 is 14.4 Å². The predicted octanol–water partition coefficient (Wildman–Crippen LogP) is 4.34. The SMILES string of the molecule is Cc1ccc(CCC(=O)Nc2ccc3c(c2)C(=O)c2ccccc2C3=O)cc1. The maximum absolute atomic E-state index is 12.8. The Balaban J connectivity index is 1.50. The van der Waals surface area contributed by atoms with E-state index in [1.807, 2.05) is 31.2 Å². The molecule has 1 aliphatic rings. The molecule has 0 bridgehead atoms. The molecule has 1 amide bonds. The lowest BCUT2D eigenvalue weighted by Gasteiger charge is -2.18. The number of fused-ring (bicyclic) bond motifs is 2. The molecule has 138 valence electrons. The van der Waals surface area contributed by atoms with Crippen LogP contribution in [0.5, 0.6) is 0 Å². The van der Waals surface area contributed by atoms with Gasteiger partial charge < -0.3 is 5.32 Å². The average Bonchev–Trinajstić information content (AvgIpc) is 2.71. The smallest absolute Gasteiger partial charge is 0.224 e. The van der Waals surface area contributed by atoms with E-state index in [-0.39, 0.29) is 17.5 Å². The number of hydrogen-bond acceptors (Lipinski definition) is 3. The molecule has 0 radical (unpaired) electrons. The Kier molecular flexibility index (Phi) is 4.62. The average molecular weight is 369 g/mol. The van der Waals surface area contributed by atoms with Crippen molar-refractivity contribution in [3.05, 3.63) is 100 Å². The van der Waals surface area contributed by atoms with Crippen LogP contribution in [-0.2, 0) is 11.2 Å². The van der Waals surface area contributed by atoms with Crippen LogP contribution in [0.25, 0.3) is 0 Å². The zero-order valence-electron chi connectivity index (χ0n) is 15.5. The highest BCUT2D eigenvalue weighted by atomic mass is 16.2. The van der Waals surface area contributed by atoms with Gasteiger partial charge in [-0.3, -0.25) is 14.4 Å². The van der Waals surface area contributed by atoms with E-state index in [1.165, 1.54) is 5.56 Å². The van der Waals surface area contributed by atoms with Gasteiger partial charge in [0, 0.05) is 34.4 Å².